The SMILES string of the molecule is COc1ccc([C@@H]2OCC[C@H]2Br)cc1. The maximum absolute atomic E-state index is 5.64. The molecule has 1 aliphatic heterocycles. The van der Waals surface area contributed by atoms with Crippen molar-refractivity contribution >= 4 is 15.9 Å². The summed E-state index contributed by atoms with van der Waals surface area (Å²) in [6.45, 7) is 0.840. The number of methoxy groups -OCH3 is 1. The number of benzene rings is 1. The Labute approximate surface area is 92.3 Å². The first-order valence-corrected chi connectivity index (χ1v) is 5.62. The zero-order valence-corrected chi connectivity index (χ0v) is 9.66. The van der Waals surface area contributed by atoms with Crippen LogP contribution in [-0.4, -0.2) is 18.5 Å². The third-order valence-electron chi connectivity index (χ3n) is 2.46. The molecule has 1 aromatic rings. The molecule has 2 atom stereocenters. The Kier molecular flexibility index (Phi) is 3.08. The fourth-order valence-corrected chi connectivity index (χ4v) is 2.31. The second kappa shape index (κ2) is 4.32. The third-order valence-corrected chi connectivity index (χ3v) is 3.40. The second-order valence-electron chi connectivity index (χ2n) is 3.37. The highest BCUT2D eigenvalue weighted by Crippen LogP contribution is 2.34. The highest BCUT2D eigenvalue weighted by molar-refractivity contribution is 9.09. The number of rotatable bonds is 2. The standard InChI is InChI=1S/C11H13BrO2/c1-13-9-4-2-8(3-5-9)11-10(12)6-7-14-11/h2-5,10-11H,6-7H2,1H3/t10-,11+/m1/s1. The van der Waals surface area contributed by atoms with E-state index in [2.05, 4.69) is 28.1 Å². The molecule has 0 radical (unpaired) electrons. The van der Waals surface area contributed by atoms with E-state index in [1.165, 1.54) is 5.56 Å². The predicted octanol–water partition coefficient (Wildman–Crippen LogP) is 2.92. The summed E-state index contributed by atoms with van der Waals surface area (Å²) >= 11 is 3.62. The van der Waals surface area contributed by atoms with E-state index in [1.54, 1.807) is 7.11 Å². The lowest BCUT2D eigenvalue weighted by molar-refractivity contribution is 0.114. The van der Waals surface area contributed by atoms with Gasteiger partial charge < -0.3 is 9.47 Å². The van der Waals surface area contributed by atoms with Crippen LogP contribution in [0.3, 0.4) is 0 Å². The van der Waals surface area contributed by atoms with E-state index < -0.39 is 0 Å². The fourth-order valence-electron chi connectivity index (χ4n) is 1.66. The van der Waals surface area contributed by atoms with Crippen LogP contribution in [0.25, 0.3) is 0 Å². The number of halogens is 1. The molecule has 14 heavy (non-hydrogen) atoms. The Morgan fingerprint density at radius 3 is 2.57 bits per heavy atom. The molecule has 0 unspecified atom stereocenters. The fraction of sp³-hybridized carbons (Fsp3) is 0.455. The summed E-state index contributed by atoms with van der Waals surface area (Å²) in [4.78, 5) is 0.441. The molecule has 0 N–H and O–H groups in total. The van der Waals surface area contributed by atoms with E-state index in [0.29, 0.717) is 4.83 Å². The monoisotopic (exact) mass is 256 g/mol. The minimum atomic E-state index is 0.195. The van der Waals surface area contributed by atoms with Crippen LogP contribution in [-0.2, 0) is 4.74 Å². The molecule has 1 fully saturated rings. The van der Waals surface area contributed by atoms with E-state index in [4.69, 9.17) is 9.47 Å². The van der Waals surface area contributed by atoms with Crippen molar-refractivity contribution in [3.63, 3.8) is 0 Å². The van der Waals surface area contributed by atoms with Crippen LogP contribution >= 0.6 is 15.9 Å². The van der Waals surface area contributed by atoms with Gasteiger partial charge in [0.1, 0.15) is 5.75 Å². The Hall–Kier alpha value is -0.540. The van der Waals surface area contributed by atoms with Crippen molar-refractivity contribution in [2.24, 2.45) is 0 Å². The maximum Gasteiger partial charge on any atom is 0.118 e. The predicted molar refractivity (Wildman–Crippen MR) is 59.0 cm³/mol. The zero-order chi connectivity index (χ0) is 9.97. The van der Waals surface area contributed by atoms with Crippen LogP contribution < -0.4 is 4.74 Å². The number of hydrogen-bond donors (Lipinski definition) is 0. The Bertz CT molecular complexity index is 297. The van der Waals surface area contributed by atoms with Crippen LogP contribution in [0, 0.1) is 0 Å². The molecule has 1 heterocycles. The first-order chi connectivity index (χ1) is 6.81. The summed E-state index contributed by atoms with van der Waals surface area (Å²) in [5.41, 5.74) is 1.21. The summed E-state index contributed by atoms with van der Waals surface area (Å²) in [6.07, 6.45) is 1.28. The first kappa shape index (κ1) is 9.99. The van der Waals surface area contributed by atoms with Crippen molar-refractivity contribution in [2.75, 3.05) is 13.7 Å². The Morgan fingerprint density at radius 2 is 2.07 bits per heavy atom. The molecule has 0 aromatic heterocycles. The second-order valence-corrected chi connectivity index (χ2v) is 4.55. The first-order valence-electron chi connectivity index (χ1n) is 4.71. The van der Waals surface area contributed by atoms with Gasteiger partial charge >= 0.3 is 0 Å². The molecule has 0 amide bonds. The summed E-state index contributed by atoms with van der Waals surface area (Å²) in [5, 5.41) is 0. The average molecular weight is 257 g/mol. The lowest BCUT2D eigenvalue weighted by Crippen LogP contribution is -2.05. The van der Waals surface area contributed by atoms with E-state index in [9.17, 15) is 0 Å². The summed E-state index contributed by atoms with van der Waals surface area (Å²) in [5.74, 6) is 0.887. The van der Waals surface area contributed by atoms with Gasteiger partial charge in [-0.15, -0.1) is 0 Å². The van der Waals surface area contributed by atoms with E-state index >= 15 is 0 Å². The zero-order valence-electron chi connectivity index (χ0n) is 8.07. The summed E-state index contributed by atoms with van der Waals surface area (Å²) in [6, 6.07) is 8.06. The van der Waals surface area contributed by atoms with Gasteiger partial charge in [0.2, 0.25) is 0 Å². The molecule has 2 nitrogen and oxygen atoms in total. The highest BCUT2D eigenvalue weighted by atomic mass is 79.9. The van der Waals surface area contributed by atoms with Crippen molar-refractivity contribution in [3.05, 3.63) is 29.8 Å². The molecule has 2 rings (SSSR count). The molecule has 1 saturated heterocycles. The minimum absolute atomic E-state index is 0.195. The van der Waals surface area contributed by atoms with Crippen LogP contribution in [0.5, 0.6) is 5.75 Å². The normalized spacial score (nSPS) is 26.4. The highest BCUT2D eigenvalue weighted by Gasteiger charge is 2.27. The lowest BCUT2D eigenvalue weighted by Gasteiger charge is -2.13. The van der Waals surface area contributed by atoms with Crippen LogP contribution in [0.1, 0.15) is 18.1 Å². The van der Waals surface area contributed by atoms with Crippen molar-refractivity contribution in [2.45, 2.75) is 17.4 Å². The van der Waals surface area contributed by atoms with Crippen molar-refractivity contribution in [3.8, 4) is 5.75 Å². The van der Waals surface area contributed by atoms with Gasteiger partial charge in [0, 0.05) is 11.4 Å². The molecular weight excluding hydrogens is 244 g/mol. The molecule has 76 valence electrons. The van der Waals surface area contributed by atoms with E-state index in [0.717, 1.165) is 18.8 Å². The van der Waals surface area contributed by atoms with Crippen molar-refractivity contribution in [1.82, 2.24) is 0 Å². The van der Waals surface area contributed by atoms with Gasteiger partial charge in [-0.1, -0.05) is 28.1 Å². The van der Waals surface area contributed by atoms with Crippen LogP contribution in [0.4, 0.5) is 0 Å². The van der Waals surface area contributed by atoms with Crippen LogP contribution in [0.2, 0.25) is 0 Å². The molecule has 1 aromatic carbocycles. The van der Waals surface area contributed by atoms with Gasteiger partial charge in [-0.2, -0.15) is 0 Å². The number of ether oxygens (including phenoxy) is 2. The largest absolute Gasteiger partial charge is 0.497 e. The van der Waals surface area contributed by atoms with Gasteiger partial charge in [-0.3, -0.25) is 0 Å². The van der Waals surface area contributed by atoms with E-state index in [1.807, 2.05) is 12.1 Å². The lowest BCUT2D eigenvalue weighted by atomic mass is 10.1. The molecule has 0 aliphatic carbocycles. The number of hydrogen-bond acceptors (Lipinski definition) is 2. The Morgan fingerprint density at radius 1 is 1.36 bits per heavy atom. The minimum Gasteiger partial charge on any atom is -0.497 e. The summed E-state index contributed by atoms with van der Waals surface area (Å²) < 4.78 is 10.7. The number of alkyl halides is 1. The van der Waals surface area contributed by atoms with Gasteiger partial charge in [-0.25, -0.2) is 0 Å². The molecule has 0 bridgehead atoms. The topological polar surface area (TPSA) is 18.5 Å². The van der Waals surface area contributed by atoms with Gasteiger partial charge in [0.25, 0.3) is 0 Å². The quantitative estimate of drug-likeness (QED) is 0.758. The van der Waals surface area contributed by atoms with Crippen molar-refractivity contribution in [1.29, 1.82) is 0 Å². The molecule has 1 aliphatic rings. The summed E-state index contributed by atoms with van der Waals surface area (Å²) in [7, 11) is 1.67. The molecule has 0 spiro atoms. The maximum atomic E-state index is 5.64. The molecule has 0 saturated carbocycles. The van der Waals surface area contributed by atoms with Crippen molar-refractivity contribution < 1.29 is 9.47 Å². The van der Waals surface area contributed by atoms with Gasteiger partial charge in [0.15, 0.2) is 0 Å². The Balaban J connectivity index is 2.16. The van der Waals surface area contributed by atoms with Gasteiger partial charge in [0.05, 0.1) is 13.2 Å². The molecule has 3 heteroatoms. The van der Waals surface area contributed by atoms with Gasteiger partial charge in [-0.05, 0) is 24.1 Å². The average Bonchev–Trinajstić information content (AvgIpc) is 2.65. The van der Waals surface area contributed by atoms with E-state index in [-0.39, 0.29) is 6.10 Å². The smallest absolute Gasteiger partial charge is 0.118 e. The third kappa shape index (κ3) is 1.93. The molecular formula is C11H13BrO2. The van der Waals surface area contributed by atoms with Crippen LogP contribution in [0.15, 0.2) is 24.3 Å².